The summed E-state index contributed by atoms with van der Waals surface area (Å²) in [4.78, 5) is 26.3. The largest absolute Gasteiger partial charge is 0.360 e. The van der Waals surface area contributed by atoms with Crippen molar-refractivity contribution >= 4 is 17.6 Å². The monoisotopic (exact) mass is 329 g/mol. The van der Waals surface area contributed by atoms with Crippen LogP contribution in [0.25, 0.3) is 0 Å². The molecule has 0 unspecified atom stereocenters. The van der Waals surface area contributed by atoms with Crippen LogP contribution in [-0.4, -0.2) is 35.0 Å². The van der Waals surface area contributed by atoms with Gasteiger partial charge in [-0.05, 0) is 18.9 Å². The molecule has 6 heteroatoms. The second kappa shape index (κ2) is 8.86. The Balaban J connectivity index is 1.96. The highest BCUT2D eigenvalue weighted by Crippen LogP contribution is 2.08. The van der Waals surface area contributed by atoms with Gasteiger partial charge < -0.3 is 14.7 Å². The molecule has 0 radical (unpaired) electrons. The van der Waals surface area contributed by atoms with Crippen LogP contribution in [0.1, 0.15) is 31.1 Å². The molecule has 1 aromatic carbocycles. The Hall–Kier alpha value is -2.63. The van der Waals surface area contributed by atoms with E-state index in [2.05, 4.69) is 17.4 Å². The molecule has 1 aromatic heterocycles. The van der Waals surface area contributed by atoms with E-state index in [-0.39, 0.29) is 18.4 Å². The van der Waals surface area contributed by atoms with Gasteiger partial charge in [-0.15, -0.1) is 0 Å². The van der Waals surface area contributed by atoms with Gasteiger partial charge in [0.15, 0.2) is 5.82 Å². The van der Waals surface area contributed by atoms with E-state index >= 15 is 0 Å². The fourth-order valence-corrected chi connectivity index (χ4v) is 2.30. The summed E-state index contributed by atoms with van der Waals surface area (Å²) in [6.07, 6.45) is 2.11. The number of carbonyl (C=O) groups is 2. The van der Waals surface area contributed by atoms with Gasteiger partial charge in [0.2, 0.25) is 11.8 Å². The van der Waals surface area contributed by atoms with E-state index in [1.165, 1.54) is 0 Å². The van der Waals surface area contributed by atoms with Crippen molar-refractivity contribution in [2.75, 3.05) is 18.4 Å². The van der Waals surface area contributed by atoms with Gasteiger partial charge in [-0.2, -0.15) is 0 Å². The van der Waals surface area contributed by atoms with E-state index in [0.717, 1.165) is 18.4 Å². The van der Waals surface area contributed by atoms with Crippen LogP contribution in [0.15, 0.2) is 40.9 Å². The average molecular weight is 329 g/mol. The maximum Gasteiger partial charge on any atom is 0.245 e. The molecule has 24 heavy (non-hydrogen) atoms. The summed E-state index contributed by atoms with van der Waals surface area (Å²) in [5.41, 5.74) is 0.941. The van der Waals surface area contributed by atoms with Gasteiger partial charge in [-0.25, -0.2) is 0 Å². The Morgan fingerprint density at radius 3 is 2.62 bits per heavy atom. The van der Waals surface area contributed by atoms with Crippen LogP contribution in [-0.2, 0) is 16.0 Å². The van der Waals surface area contributed by atoms with E-state index in [1.807, 2.05) is 30.3 Å². The predicted molar refractivity (Wildman–Crippen MR) is 91.5 cm³/mol. The van der Waals surface area contributed by atoms with E-state index < -0.39 is 0 Å². The lowest BCUT2D eigenvalue weighted by Crippen LogP contribution is -2.39. The van der Waals surface area contributed by atoms with Crippen molar-refractivity contribution < 1.29 is 14.1 Å². The zero-order chi connectivity index (χ0) is 17.4. The molecular formula is C18H23N3O3. The van der Waals surface area contributed by atoms with Crippen molar-refractivity contribution in [3.05, 3.63) is 47.7 Å². The molecule has 6 nitrogen and oxygen atoms in total. The number of carbonyl (C=O) groups excluding carboxylic acids is 2. The minimum Gasteiger partial charge on any atom is -0.360 e. The van der Waals surface area contributed by atoms with Crippen LogP contribution in [0.4, 0.5) is 5.82 Å². The lowest BCUT2D eigenvalue weighted by atomic mass is 10.1. The second-order valence-corrected chi connectivity index (χ2v) is 5.70. The number of unbranched alkanes of at least 4 members (excludes halogenated alkanes) is 1. The average Bonchev–Trinajstić information content (AvgIpc) is 2.97. The number of hydrogen-bond donors (Lipinski definition) is 1. The molecule has 1 heterocycles. The SMILES string of the molecule is CCCCN(CC(=O)Nc1cc(C)on1)C(=O)Cc1ccccc1. The predicted octanol–water partition coefficient (Wildman–Crippen LogP) is 2.79. The van der Waals surface area contributed by atoms with Crippen molar-refractivity contribution in [3.8, 4) is 0 Å². The van der Waals surface area contributed by atoms with Gasteiger partial charge in [-0.3, -0.25) is 9.59 Å². The highest BCUT2D eigenvalue weighted by atomic mass is 16.5. The molecule has 0 saturated heterocycles. The van der Waals surface area contributed by atoms with E-state index in [9.17, 15) is 9.59 Å². The minimum absolute atomic E-state index is 0.0115. The van der Waals surface area contributed by atoms with Gasteiger partial charge in [-0.1, -0.05) is 48.8 Å². The van der Waals surface area contributed by atoms with Crippen molar-refractivity contribution in [2.24, 2.45) is 0 Å². The Labute approximate surface area is 141 Å². The molecule has 128 valence electrons. The first-order valence-electron chi connectivity index (χ1n) is 8.13. The third-order valence-corrected chi connectivity index (χ3v) is 3.56. The third-order valence-electron chi connectivity index (χ3n) is 3.56. The Kier molecular flexibility index (Phi) is 6.54. The first-order chi connectivity index (χ1) is 11.6. The summed E-state index contributed by atoms with van der Waals surface area (Å²) in [6, 6.07) is 11.2. The Bertz CT molecular complexity index is 667. The van der Waals surface area contributed by atoms with Gasteiger partial charge >= 0.3 is 0 Å². The van der Waals surface area contributed by atoms with Crippen LogP contribution in [0.2, 0.25) is 0 Å². The fraction of sp³-hybridized carbons (Fsp3) is 0.389. The van der Waals surface area contributed by atoms with Gasteiger partial charge in [0.05, 0.1) is 13.0 Å². The topological polar surface area (TPSA) is 75.4 Å². The molecule has 2 rings (SSSR count). The number of nitrogens with zero attached hydrogens (tertiary/aromatic N) is 2. The highest BCUT2D eigenvalue weighted by Gasteiger charge is 2.18. The first-order valence-corrected chi connectivity index (χ1v) is 8.13. The molecule has 0 bridgehead atoms. The molecule has 0 aliphatic rings. The van der Waals surface area contributed by atoms with E-state index in [1.54, 1.807) is 17.9 Å². The summed E-state index contributed by atoms with van der Waals surface area (Å²) >= 11 is 0. The molecule has 0 spiro atoms. The number of benzene rings is 1. The molecule has 0 aliphatic heterocycles. The summed E-state index contributed by atoms with van der Waals surface area (Å²) in [5.74, 6) is 0.652. The second-order valence-electron chi connectivity index (χ2n) is 5.70. The summed E-state index contributed by atoms with van der Waals surface area (Å²) in [6.45, 7) is 4.38. The molecule has 1 N–H and O–H groups in total. The number of aromatic nitrogens is 1. The zero-order valence-electron chi connectivity index (χ0n) is 14.1. The molecule has 2 aromatic rings. The maximum atomic E-state index is 12.5. The number of amides is 2. The summed E-state index contributed by atoms with van der Waals surface area (Å²) < 4.78 is 4.92. The van der Waals surface area contributed by atoms with Crippen LogP contribution in [0.3, 0.4) is 0 Å². The van der Waals surface area contributed by atoms with Crippen LogP contribution in [0, 0.1) is 6.92 Å². The number of nitrogens with one attached hydrogen (secondary N) is 1. The highest BCUT2D eigenvalue weighted by molar-refractivity contribution is 5.94. The molecule has 0 atom stereocenters. The van der Waals surface area contributed by atoms with Crippen molar-refractivity contribution in [3.63, 3.8) is 0 Å². The Morgan fingerprint density at radius 1 is 1.25 bits per heavy atom. The zero-order valence-corrected chi connectivity index (χ0v) is 14.1. The fourth-order valence-electron chi connectivity index (χ4n) is 2.30. The normalized spacial score (nSPS) is 10.4. The third kappa shape index (κ3) is 5.53. The number of hydrogen-bond acceptors (Lipinski definition) is 4. The van der Waals surface area contributed by atoms with Gasteiger partial charge in [0.25, 0.3) is 0 Å². The quantitative estimate of drug-likeness (QED) is 0.808. The van der Waals surface area contributed by atoms with Gasteiger partial charge in [0.1, 0.15) is 5.76 Å². The maximum absolute atomic E-state index is 12.5. The first kappa shape index (κ1) is 17.7. The molecule has 0 saturated carbocycles. The molecule has 2 amide bonds. The van der Waals surface area contributed by atoms with E-state index in [0.29, 0.717) is 24.5 Å². The van der Waals surface area contributed by atoms with Crippen molar-refractivity contribution in [1.29, 1.82) is 0 Å². The van der Waals surface area contributed by atoms with E-state index in [4.69, 9.17) is 4.52 Å². The van der Waals surface area contributed by atoms with Crippen molar-refractivity contribution in [2.45, 2.75) is 33.1 Å². The van der Waals surface area contributed by atoms with Crippen molar-refractivity contribution in [1.82, 2.24) is 10.1 Å². The smallest absolute Gasteiger partial charge is 0.245 e. The lowest BCUT2D eigenvalue weighted by molar-refractivity contribution is -0.134. The minimum atomic E-state index is -0.277. The number of rotatable bonds is 8. The molecular weight excluding hydrogens is 306 g/mol. The van der Waals surface area contributed by atoms with Crippen LogP contribution < -0.4 is 5.32 Å². The summed E-state index contributed by atoms with van der Waals surface area (Å²) in [5, 5.41) is 6.38. The molecule has 0 aliphatic carbocycles. The number of aryl methyl sites for hydroxylation is 1. The van der Waals surface area contributed by atoms with Crippen LogP contribution >= 0.6 is 0 Å². The van der Waals surface area contributed by atoms with Gasteiger partial charge in [0, 0.05) is 12.6 Å². The van der Waals surface area contributed by atoms with Crippen LogP contribution in [0.5, 0.6) is 0 Å². The number of anilines is 1. The molecule has 0 fully saturated rings. The lowest BCUT2D eigenvalue weighted by Gasteiger charge is -2.22. The standard InChI is InChI=1S/C18H23N3O3/c1-3-4-10-21(18(23)12-15-8-6-5-7-9-15)13-17(22)19-16-11-14(2)24-20-16/h5-9,11H,3-4,10,12-13H2,1-2H3,(H,19,20,22). The Morgan fingerprint density at radius 2 is 2.00 bits per heavy atom. The summed E-state index contributed by atoms with van der Waals surface area (Å²) in [7, 11) is 0.